The Balaban J connectivity index is 1.85. The van der Waals surface area contributed by atoms with Gasteiger partial charge in [0.1, 0.15) is 30.0 Å². The number of nitrogens with one attached hydrogen (secondary N) is 1. The van der Waals surface area contributed by atoms with Crippen molar-refractivity contribution in [2.75, 3.05) is 19.0 Å². The molecule has 0 bridgehead atoms. The molecule has 1 amide bonds. The third-order valence-corrected chi connectivity index (χ3v) is 4.76. The molecule has 1 heterocycles. The summed E-state index contributed by atoms with van der Waals surface area (Å²) < 4.78 is 55.5. The highest BCUT2D eigenvalue weighted by Crippen LogP contribution is 2.49. The average Bonchev–Trinajstić information content (AvgIpc) is 2.73. The minimum absolute atomic E-state index is 0.0392. The smallest absolute Gasteiger partial charge is 0.387 e. The Morgan fingerprint density at radius 2 is 1.94 bits per heavy atom. The van der Waals surface area contributed by atoms with Crippen LogP contribution in [0.3, 0.4) is 0 Å². The number of carbonyl (C=O) groups excluding carboxylic acids is 1. The van der Waals surface area contributed by atoms with Gasteiger partial charge < -0.3 is 19.5 Å². The first-order chi connectivity index (χ1) is 15.0. The summed E-state index contributed by atoms with van der Waals surface area (Å²) in [6, 6.07) is 15.5. The molecule has 4 rings (SSSR count). The SMILES string of the molecule is COCC(=O)Nc1ccc2c(c1)C(c1cccc(F)c1)Oc1cccc(OC(F)F)c1-2. The van der Waals surface area contributed by atoms with Gasteiger partial charge in [0.05, 0.1) is 5.56 Å². The number of methoxy groups -OCH3 is 1. The van der Waals surface area contributed by atoms with Crippen LogP contribution in [0.2, 0.25) is 0 Å². The van der Waals surface area contributed by atoms with Crippen LogP contribution >= 0.6 is 0 Å². The van der Waals surface area contributed by atoms with E-state index in [1.54, 1.807) is 42.5 Å². The van der Waals surface area contributed by atoms with Crippen molar-refractivity contribution in [3.05, 3.63) is 77.6 Å². The number of benzene rings is 3. The van der Waals surface area contributed by atoms with Crippen molar-refractivity contribution in [3.63, 3.8) is 0 Å². The van der Waals surface area contributed by atoms with Crippen LogP contribution in [-0.2, 0) is 9.53 Å². The highest BCUT2D eigenvalue weighted by atomic mass is 19.3. The zero-order valence-corrected chi connectivity index (χ0v) is 16.4. The number of hydrogen-bond acceptors (Lipinski definition) is 4. The Morgan fingerprint density at radius 1 is 1.13 bits per heavy atom. The third-order valence-electron chi connectivity index (χ3n) is 4.76. The molecule has 5 nitrogen and oxygen atoms in total. The molecule has 0 saturated heterocycles. The molecule has 1 atom stereocenters. The van der Waals surface area contributed by atoms with E-state index in [1.165, 1.54) is 25.3 Å². The minimum atomic E-state index is -3.01. The lowest BCUT2D eigenvalue weighted by molar-refractivity contribution is -0.119. The second kappa shape index (κ2) is 8.69. The van der Waals surface area contributed by atoms with Gasteiger partial charge in [-0.05, 0) is 47.5 Å². The molecule has 1 unspecified atom stereocenters. The minimum Gasteiger partial charge on any atom is -0.480 e. The molecular weight excluding hydrogens is 411 g/mol. The predicted molar refractivity (Wildman–Crippen MR) is 108 cm³/mol. The van der Waals surface area contributed by atoms with E-state index in [9.17, 15) is 18.0 Å². The lowest BCUT2D eigenvalue weighted by atomic mass is 9.88. The molecular formula is C23H18F3NO4. The summed E-state index contributed by atoms with van der Waals surface area (Å²) in [6.45, 7) is -3.14. The highest BCUT2D eigenvalue weighted by molar-refractivity contribution is 5.93. The van der Waals surface area contributed by atoms with E-state index in [1.807, 2.05) is 0 Å². The molecule has 0 aromatic heterocycles. The standard InChI is InChI=1S/C23H18F3NO4/c1-29-12-20(28)27-15-8-9-16-17(11-15)22(13-4-2-5-14(24)10-13)30-18-6-3-7-19(21(16)18)31-23(25)26/h2-11,22-23H,12H2,1H3,(H,27,28). The first kappa shape index (κ1) is 20.7. The Bertz CT molecular complexity index is 1120. The lowest BCUT2D eigenvalue weighted by Gasteiger charge is -2.30. The van der Waals surface area contributed by atoms with Crippen LogP contribution in [-0.4, -0.2) is 26.2 Å². The van der Waals surface area contributed by atoms with Crippen molar-refractivity contribution < 1.29 is 32.2 Å². The van der Waals surface area contributed by atoms with Crippen LogP contribution in [0, 0.1) is 5.82 Å². The van der Waals surface area contributed by atoms with Crippen molar-refractivity contribution in [1.29, 1.82) is 0 Å². The van der Waals surface area contributed by atoms with Gasteiger partial charge in [0.25, 0.3) is 0 Å². The summed E-state index contributed by atoms with van der Waals surface area (Å²) in [6.07, 6.45) is -0.723. The number of hydrogen-bond donors (Lipinski definition) is 1. The summed E-state index contributed by atoms with van der Waals surface area (Å²) in [5.41, 5.74) is 2.50. The van der Waals surface area contributed by atoms with E-state index in [2.05, 4.69) is 5.32 Å². The summed E-state index contributed by atoms with van der Waals surface area (Å²) in [7, 11) is 1.40. The highest BCUT2D eigenvalue weighted by Gasteiger charge is 2.31. The second-order valence-corrected chi connectivity index (χ2v) is 6.84. The summed E-state index contributed by atoms with van der Waals surface area (Å²) in [5.74, 6) is -0.505. The van der Waals surface area contributed by atoms with Gasteiger partial charge in [-0.1, -0.05) is 24.3 Å². The Kier molecular flexibility index (Phi) is 5.81. The average molecular weight is 429 g/mol. The molecule has 3 aromatic carbocycles. The van der Waals surface area contributed by atoms with Gasteiger partial charge in [-0.2, -0.15) is 8.78 Å². The van der Waals surface area contributed by atoms with E-state index in [0.29, 0.717) is 33.7 Å². The number of rotatable bonds is 6. The Hall–Kier alpha value is -3.52. The number of fused-ring (bicyclic) bond motifs is 3. The summed E-state index contributed by atoms with van der Waals surface area (Å²) in [5, 5.41) is 2.70. The van der Waals surface area contributed by atoms with E-state index >= 15 is 0 Å². The fourth-order valence-electron chi connectivity index (χ4n) is 3.59. The Morgan fingerprint density at radius 3 is 2.68 bits per heavy atom. The molecule has 0 spiro atoms. The van der Waals surface area contributed by atoms with Gasteiger partial charge in [-0.25, -0.2) is 4.39 Å². The molecule has 1 aliphatic rings. The number of halogens is 3. The first-order valence-electron chi connectivity index (χ1n) is 9.39. The van der Waals surface area contributed by atoms with Gasteiger partial charge in [-0.15, -0.1) is 0 Å². The maximum absolute atomic E-state index is 13.9. The molecule has 3 aromatic rings. The van der Waals surface area contributed by atoms with E-state index in [-0.39, 0.29) is 18.3 Å². The first-order valence-corrected chi connectivity index (χ1v) is 9.39. The van der Waals surface area contributed by atoms with Crippen LogP contribution in [0.1, 0.15) is 17.2 Å². The quantitative estimate of drug-likeness (QED) is 0.588. The number of alkyl halides is 2. The molecule has 0 radical (unpaired) electrons. The zero-order chi connectivity index (χ0) is 22.0. The van der Waals surface area contributed by atoms with Gasteiger partial charge in [-0.3, -0.25) is 4.79 Å². The lowest BCUT2D eigenvalue weighted by Crippen LogP contribution is -2.19. The fraction of sp³-hybridized carbons (Fsp3) is 0.174. The van der Waals surface area contributed by atoms with Crippen LogP contribution < -0.4 is 14.8 Å². The number of ether oxygens (including phenoxy) is 3. The maximum Gasteiger partial charge on any atom is 0.387 e. The van der Waals surface area contributed by atoms with Gasteiger partial charge in [0.15, 0.2) is 0 Å². The van der Waals surface area contributed by atoms with Crippen molar-refractivity contribution in [3.8, 4) is 22.6 Å². The molecule has 160 valence electrons. The molecule has 0 aliphatic carbocycles. The van der Waals surface area contributed by atoms with E-state index in [4.69, 9.17) is 14.2 Å². The van der Waals surface area contributed by atoms with Crippen molar-refractivity contribution in [2.45, 2.75) is 12.7 Å². The topological polar surface area (TPSA) is 56.8 Å². The van der Waals surface area contributed by atoms with Crippen LogP contribution in [0.4, 0.5) is 18.9 Å². The van der Waals surface area contributed by atoms with Crippen LogP contribution in [0.5, 0.6) is 11.5 Å². The molecule has 1 aliphatic heterocycles. The van der Waals surface area contributed by atoms with Crippen molar-refractivity contribution >= 4 is 11.6 Å². The predicted octanol–water partition coefficient (Wildman–Crippen LogP) is 5.16. The maximum atomic E-state index is 13.9. The van der Waals surface area contributed by atoms with Crippen LogP contribution in [0.25, 0.3) is 11.1 Å². The normalized spacial score (nSPS) is 14.4. The largest absolute Gasteiger partial charge is 0.480 e. The van der Waals surface area contributed by atoms with Crippen LogP contribution in [0.15, 0.2) is 60.7 Å². The number of anilines is 1. The van der Waals surface area contributed by atoms with Crippen molar-refractivity contribution in [2.24, 2.45) is 0 Å². The van der Waals surface area contributed by atoms with Gasteiger partial charge in [0.2, 0.25) is 5.91 Å². The third kappa shape index (κ3) is 4.34. The Labute approximate surface area is 176 Å². The number of carbonyl (C=O) groups is 1. The zero-order valence-electron chi connectivity index (χ0n) is 16.4. The molecule has 31 heavy (non-hydrogen) atoms. The van der Waals surface area contributed by atoms with Gasteiger partial charge in [0, 0.05) is 18.4 Å². The fourth-order valence-corrected chi connectivity index (χ4v) is 3.59. The summed E-state index contributed by atoms with van der Waals surface area (Å²) >= 11 is 0. The van der Waals surface area contributed by atoms with Gasteiger partial charge >= 0.3 is 6.61 Å². The van der Waals surface area contributed by atoms with E-state index < -0.39 is 18.5 Å². The number of amides is 1. The summed E-state index contributed by atoms with van der Waals surface area (Å²) in [4.78, 5) is 11.9. The monoisotopic (exact) mass is 429 g/mol. The molecule has 0 saturated carbocycles. The van der Waals surface area contributed by atoms with Crippen molar-refractivity contribution in [1.82, 2.24) is 0 Å². The second-order valence-electron chi connectivity index (χ2n) is 6.84. The molecule has 0 fully saturated rings. The molecule has 1 N–H and O–H groups in total. The molecule has 8 heteroatoms. The van der Waals surface area contributed by atoms with E-state index in [0.717, 1.165) is 0 Å².